The SMILES string of the molecule is C1=Cc2c(-c3ccccc3)sc3cccc(c23)C1=N/N=C1/C=Cc2c(-c3ccccc3)sc3cccc1c23. The fraction of sp³-hybridized carbons (Fsp3) is 0. The standard InChI is InChI=1S/C34H20N2S2/c1-3-9-21(10-4-1)33-25-17-19-27(23-13-7-15-29(37-33)31(23)25)35-36-28-20-18-26-32-24(28)14-8-16-30(32)38-34(26)22-11-5-2-6-12-22/h1-20H/b35-27-,36-28?. The predicted octanol–water partition coefficient (Wildman–Crippen LogP) is 9.70. The number of rotatable bonds is 3. The molecular weight excluding hydrogens is 501 g/mol. The van der Waals surface area contributed by atoms with Gasteiger partial charge in [0.1, 0.15) is 0 Å². The van der Waals surface area contributed by atoms with E-state index in [0.29, 0.717) is 0 Å². The van der Waals surface area contributed by atoms with Gasteiger partial charge in [-0.25, -0.2) is 0 Å². The lowest BCUT2D eigenvalue weighted by atomic mass is 9.94. The second-order valence-electron chi connectivity index (χ2n) is 9.42. The van der Waals surface area contributed by atoms with E-state index < -0.39 is 0 Å². The van der Waals surface area contributed by atoms with Crippen LogP contribution in [-0.2, 0) is 0 Å². The van der Waals surface area contributed by atoms with Crippen molar-refractivity contribution in [3.63, 3.8) is 0 Å². The highest BCUT2D eigenvalue weighted by atomic mass is 32.1. The van der Waals surface area contributed by atoms with Crippen molar-refractivity contribution in [2.75, 3.05) is 0 Å². The van der Waals surface area contributed by atoms with E-state index in [1.807, 2.05) is 22.7 Å². The minimum absolute atomic E-state index is 0.898. The maximum absolute atomic E-state index is 4.81. The molecule has 6 aromatic rings. The lowest BCUT2D eigenvalue weighted by molar-refractivity contribution is 1.24. The maximum Gasteiger partial charge on any atom is 0.0936 e. The van der Waals surface area contributed by atoms with Crippen molar-refractivity contribution >= 4 is 66.4 Å². The van der Waals surface area contributed by atoms with Crippen molar-refractivity contribution in [3.05, 3.63) is 131 Å². The molecule has 2 aromatic heterocycles. The average molecular weight is 521 g/mol. The van der Waals surface area contributed by atoms with Crippen LogP contribution in [0.3, 0.4) is 0 Å². The molecular formula is C34H20N2S2. The summed E-state index contributed by atoms with van der Waals surface area (Å²) in [6, 6.07) is 34.2. The summed E-state index contributed by atoms with van der Waals surface area (Å²) in [7, 11) is 0. The van der Waals surface area contributed by atoms with E-state index in [-0.39, 0.29) is 0 Å². The Balaban J connectivity index is 1.24. The third-order valence-electron chi connectivity index (χ3n) is 7.21. The molecule has 2 nitrogen and oxygen atoms in total. The van der Waals surface area contributed by atoms with E-state index >= 15 is 0 Å². The van der Waals surface area contributed by atoms with E-state index in [0.717, 1.165) is 22.6 Å². The molecule has 0 atom stereocenters. The number of nitrogens with zero attached hydrogens (tertiary/aromatic N) is 2. The number of hydrogen-bond donors (Lipinski definition) is 0. The minimum atomic E-state index is 0.898. The zero-order chi connectivity index (χ0) is 25.1. The Labute approximate surface area is 228 Å². The zero-order valence-corrected chi connectivity index (χ0v) is 21.9. The normalized spacial score (nSPS) is 15.8. The molecule has 4 heteroatoms. The van der Waals surface area contributed by atoms with Gasteiger partial charge in [-0.05, 0) is 35.4 Å². The Morgan fingerprint density at radius 3 is 1.32 bits per heavy atom. The fourth-order valence-corrected chi connectivity index (χ4v) is 7.93. The van der Waals surface area contributed by atoms with Gasteiger partial charge in [0.2, 0.25) is 0 Å². The van der Waals surface area contributed by atoms with Crippen molar-refractivity contribution in [1.82, 2.24) is 0 Å². The molecule has 2 aliphatic rings. The van der Waals surface area contributed by atoms with Gasteiger partial charge in [0.05, 0.1) is 11.4 Å². The van der Waals surface area contributed by atoms with E-state index in [9.17, 15) is 0 Å². The third-order valence-corrected chi connectivity index (χ3v) is 9.65. The summed E-state index contributed by atoms with van der Waals surface area (Å²) >= 11 is 3.68. The number of hydrogen-bond acceptors (Lipinski definition) is 4. The quantitative estimate of drug-likeness (QED) is 0.208. The highest BCUT2D eigenvalue weighted by Gasteiger charge is 2.22. The maximum atomic E-state index is 4.81. The van der Waals surface area contributed by atoms with E-state index in [2.05, 4.69) is 121 Å². The molecule has 2 heterocycles. The van der Waals surface area contributed by atoms with Gasteiger partial charge in [-0.15, -0.1) is 32.9 Å². The minimum Gasteiger partial charge on any atom is -0.150 e. The molecule has 0 fully saturated rings. The zero-order valence-electron chi connectivity index (χ0n) is 20.3. The molecule has 2 aliphatic carbocycles. The summed E-state index contributed by atoms with van der Waals surface area (Å²) in [5.41, 5.74) is 9.13. The molecule has 0 amide bonds. The number of allylic oxidation sites excluding steroid dienone is 2. The van der Waals surface area contributed by atoms with Crippen LogP contribution >= 0.6 is 22.7 Å². The lowest BCUT2D eigenvalue weighted by Gasteiger charge is -2.12. The molecule has 0 radical (unpaired) electrons. The van der Waals surface area contributed by atoms with Gasteiger partial charge in [-0.1, -0.05) is 97.1 Å². The lowest BCUT2D eigenvalue weighted by Crippen LogP contribution is -2.04. The van der Waals surface area contributed by atoms with Gasteiger partial charge in [-0.3, -0.25) is 0 Å². The van der Waals surface area contributed by atoms with Crippen LogP contribution in [0, 0.1) is 0 Å². The van der Waals surface area contributed by atoms with Crippen LogP contribution in [0.25, 0.3) is 53.2 Å². The second-order valence-corrected chi connectivity index (χ2v) is 11.5. The third kappa shape index (κ3) is 3.31. The summed E-state index contributed by atoms with van der Waals surface area (Å²) in [6.07, 6.45) is 8.62. The van der Waals surface area contributed by atoms with Crippen molar-refractivity contribution in [3.8, 4) is 20.9 Å². The molecule has 0 spiro atoms. The van der Waals surface area contributed by atoms with Crippen molar-refractivity contribution in [1.29, 1.82) is 0 Å². The summed E-state index contributed by atoms with van der Waals surface area (Å²) in [5.74, 6) is 0. The first-order valence-corrected chi connectivity index (χ1v) is 14.2. The van der Waals surface area contributed by atoms with Crippen LogP contribution in [-0.4, -0.2) is 11.4 Å². The van der Waals surface area contributed by atoms with E-state index in [4.69, 9.17) is 10.2 Å². The van der Waals surface area contributed by atoms with Gasteiger partial charge in [0.25, 0.3) is 0 Å². The number of benzene rings is 4. The first-order valence-electron chi connectivity index (χ1n) is 12.6. The highest BCUT2D eigenvalue weighted by molar-refractivity contribution is 7.23. The molecule has 0 N–H and O–H groups in total. The van der Waals surface area contributed by atoms with Crippen LogP contribution in [0.2, 0.25) is 0 Å². The second kappa shape index (κ2) is 8.59. The van der Waals surface area contributed by atoms with Crippen LogP contribution in [0.1, 0.15) is 22.3 Å². The summed E-state index contributed by atoms with van der Waals surface area (Å²) in [4.78, 5) is 2.60. The molecule has 0 saturated carbocycles. The molecule has 0 unspecified atom stereocenters. The number of thiophene rings is 2. The molecule has 8 rings (SSSR count). The Kier molecular flexibility index (Phi) is 4.90. The fourth-order valence-electron chi connectivity index (χ4n) is 5.48. The van der Waals surface area contributed by atoms with Crippen LogP contribution < -0.4 is 0 Å². The van der Waals surface area contributed by atoms with Gasteiger partial charge in [-0.2, -0.15) is 0 Å². The molecule has 0 saturated heterocycles. The molecule has 0 bridgehead atoms. The molecule has 38 heavy (non-hydrogen) atoms. The largest absolute Gasteiger partial charge is 0.150 e. The highest BCUT2D eigenvalue weighted by Crippen LogP contribution is 2.44. The van der Waals surface area contributed by atoms with Crippen LogP contribution in [0.4, 0.5) is 0 Å². The van der Waals surface area contributed by atoms with Crippen molar-refractivity contribution < 1.29 is 0 Å². The van der Waals surface area contributed by atoms with Gasteiger partial charge in [0.15, 0.2) is 0 Å². The Morgan fingerprint density at radius 2 is 0.868 bits per heavy atom. The van der Waals surface area contributed by atoms with Gasteiger partial charge < -0.3 is 0 Å². The molecule has 178 valence electrons. The topological polar surface area (TPSA) is 24.7 Å². The first kappa shape index (κ1) is 21.7. The van der Waals surface area contributed by atoms with Crippen molar-refractivity contribution in [2.45, 2.75) is 0 Å². The van der Waals surface area contributed by atoms with E-state index in [1.54, 1.807) is 0 Å². The summed E-state index contributed by atoms with van der Waals surface area (Å²) < 4.78 is 2.56. The summed E-state index contributed by atoms with van der Waals surface area (Å²) in [5, 5.41) is 12.2. The van der Waals surface area contributed by atoms with E-state index in [1.165, 1.54) is 52.2 Å². The molecule has 4 aromatic carbocycles. The van der Waals surface area contributed by atoms with Crippen molar-refractivity contribution in [2.24, 2.45) is 10.2 Å². The summed E-state index contributed by atoms with van der Waals surface area (Å²) in [6.45, 7) is 0. The van der Waals surface area contributed by atoms with Crippen LogP contribution in [0.15, 0.2) is 119 Å². The predicted molar refractivity (Wildman–Crippen MR) is 166 cm³/mol. The van der Waals surface area contributed by atoms with Gasteiger partial charge in [0, 0.05) is 52.2 Å². The van der Waals surface area contributed by atoms with Crippen LogP contribution in [0.5, 0.6) is 0 Å². The monoisotopic (exact) mass is 520 g/mol. The first-order chi connectivity index (χ1) is 18.8. The Bertz CT molecular complexity index is 1850. The average Bonchev–Trinajstić information content (AvgIpc) is 3.55. The molecule has 0 aliphatic heterocycles. The smallest absolute Gasteiger partial charge is 0.0936 e. The van der Waals surface area contributed by atoms with Gasteiger partial charge >= 0.3 is 0 Å². The Hall–Kier alpha value is -4.38. The Morgan fingerprint density at radius 1 is 0.421 bits per heavy atom.